The van der Waals surface area contributed by atoms with Crippen molar-refractivity contribution in [2.24, 2.45) is 5.92 Å². The van der Waals surface area contributed by atoms with Gasteiger partial charge in [-0.15, -0.1) is 0 Å². The van der Waals surface area contributed by atoms with Crippen LogP contribution < -0.4 is 5.32 Å². The van der Waals surface area contributed by atoms with Gasteiger partial charge in [-0.3, -0.25) is 14.9 Å². The van der Waals surface area contributed by atoms with Crippen LogP contribution in [0.15, 0.2) is 18.2 Å². The predicted octanol–water partition coefficient (Wildman–Crippen LogP) is 2.57. The van der Waals surface area contributed by atoms with E-state index >= 15 is 0 Å². The third-order valence-corrected chi connectivity index (χ3v) is 3.22. The Morgan fingerprint density at radius 2 is 2.05 bits per heavy atom. The third kappa shape index (κ3) is 4.70. The second-order valence-corrected chi connectivity index (χ2v) is 5.51. The minimum absolute atomic E-state index is 0.0498. The monoisotopic (exact) mass is 328 g/mol. The van der Waals surface area contributed by atoms with E-state index in [9.17, 15) is 19.7 Å². The van der Waals surface area contributed by atoms with E-state index in [2.05, 4.69) is 10.1 Å². The van der Waals surface area contributed by atoms with Crippen molar-refractivity contribution >= 4 is 29.2 Å². The number of hydrogen-bond acceptors (Lipinski definition) is 5. The molecule has 0 aromatic heterocycles. The Morgan fingerprint density at radius 1 is 1.41 bits per heavy atom. The first-order valence-corrected chi connectivity index (χ1v) is 6.96. The number of nitro benzene ring substituents is 1. The van der Waals surface area contributed by atoms with Gasteiger partial charge >= 0.3 is 5.97 Å². The summed E-state index contributed by atoms with van der Waals surface area (Å²) in [7, 11) is 1.23. The molecular weight excluding hydrogens is 312 g/mol. The molecule has 1 amide bonds. The maximum absolute atomic E-state index is 12.2. The molecule has 0 bridgehead atoms. The van der Waals surface area contributed by atoms with Crippen LogP contribution in [-0.2, 0) is 9.53 Å². The zero-order valence-electron chi connectivity index (χ0n) is 12.5. The molecule has 0 spiro atoms. The molecule has 0 aliphatic carbocycles. The SMILES string of the molecule is COC(=O)[C@H](CC(C)C)NC(=O)c1ccc(Cl)c([N+](=O)[O-])c1. The molecule has 1 aromatic carbocycles. The normalized spacial score (nSPS) is 11.9. The van der Waals surface area contributed by atoms with Gasteiger partial charge in [0.1, 0.15) is 11.1 Å². The quantitative estimate of drug-likeness (QED) is 0.491. The van der Waals surface area contributed by atoms with Crippen LogP contribution in [0.2, 0.25) is 5.02 Å². The molecule has 0 fully saturated rings. The lowest BCUT2D eigenvalue weighted by atomic mass is 10.0. The number of esters is 1. The fourth-order valence-corrected chi connectivity index (χ4v) is 2.05. The number of hydrogen-bond donors (Lipinski definition) is 1. The number of amides is 1. The van der Waals surface area contributed by atoms with E-state index in [-0.39, 0.29) is 22.2 Å². The second-order valence-electron chi connectivity index (χ2n) is 5.10. The van der Waals surface area contributed by atoms with Crippen LogP contribution in [0.5, 0.6) is 0 Å². The molecule has 0 saturated carbocycles. The van der Waals surface area contributed by atoms with Crippen LogP contribution >= 0.6 is 11.6 Å². The van der Waals surface area contributed by atoms with E-state index in [0.717, 1.165) is 6.07 Å². The highest BCUT2D eigenvalue weighted by Gasteiger charge is 2.24. The largest absolute Gasteiger partial charge is 0.467 e. The van der Waals surface area contributed by atoms with Crippen molar-refractivity contribution in [2.45, 2.75) is 26.3 Å². The third-order valence-electron chi connectivity index (χ3n) is 2.90. The van der Waals surface area contributed by atoms with Gasteiger partial charge in [-0.1, -0.05) is 25.4 Å². The summed E-state index contributed by atoms with van der Waals surface area (Å²) in [4.78, 5) is 34.0. The van der Waals surface area contributed by atoms with Gasteiger partial charge in [0.2, 0.25) is 0 Å². The molecule has 0 aliphatic heterocycles. The molecule has 7 nitrogen and oxygen atoms in total. The van der Waals surface area contributed by atoms with Gasteiger partial charge in [-0.25, -0.2) is 4.79 Å². The van der Waals surface area contributed by atoms with E-state index in [1.165, 1.54) is 19.2 Å². The number of rotatable bonds is 6. The van der Waals surface area contributed by atoms with Crippen molar-refractivity contribution in [3.8, 4) is 0 Å². The fourth-order valence-electron chi connectivity index (χ4n) is 1.86. The maximum Gasteiger partial charge on any atom is 0.328 e. The van der Waals surface area contributed by atoms with Gasteiger partial charge in [0.25, 0.3) is 11.6 Å². The molecule has 0 heterocycles. The van der Waals surface area contributed by atoms with Gasteiger partial charge in [-0.05, 0) is 24.5 Å². The highest BCUT2D eigenvalue weighted by atomic mass is 35.5. The predicted molar refractivity (Wildman–Crippen MR) is 80.8 cm³/mol. The molecule has 1 atom stereocenters. The van der Waals surface area contributed by atoms with Crippen LogP contribution in [0.3, 0.4) is 0 Å². The number of benzene rings is 1. The summed E-state index contributed by atoms with van der Waals surface area (Å²) in [5.74, 6) is -1.01. The minimum Gasteiger partial charge on any atom is -0.467 e. The number of nitrogens with one attached hydrogen (secondary N) is 1. The lowest BCUT2D eigenvalue weighted by Crippen LogP contribution is -2.42. The highest BCUT2D eigenvalue weighted by Crippen LogP contribution is 2.25. The standard InChI is InChI=1S/C14H17ClN2O5/c1-8(2)6-11(14(19)22-3)16-13(18)9-4-5-10(15)12(7-9)17(20)21/h4-5,7-8,11H,6H2,1-3H3,(H,16,18)/t11-/m0/s1. The molecular formula is C14H17ClN2O5. The number of methoxy groups -OCH3 is 1. The Balaban J connectivity index is 2.97. The van der Waals surface area contributed by atoms with Crippen LogP contribution in [0.1, 0.15) is 30.6 Å². The molecule has 1 N–H and O–H groups in total. The number of halogens is 1. The van der Waals surface area contributed by atoms with E-state index in [4.69, 9.17) is 11.6 Å². The lowest BCUT2D eigenvalue weighted by molar-refractivity contribution is -0.384. The van der Waals surface area contributed by atoms with Crippen LogP contribution in [0.25, 0.3) is 0 Å². The maximum atomic E-state index is 12.2. The number of nitro groups is 1. The smallest absolute Gasteiger partial charge is 0.328 e. The van der Waals surface area contributed by atoms with Gasteiger partial charge in [0.15, 0.2) is 0 Å². The minimum atomic E-state index is -0.813. The molecule has 1 rings (SSSR count). The first-order chi connectivity index (χ1) is 10.3. The molecule has 0 aliphatic rings. The number of carbonyl (C=O) groups is 2. The zero-order valence-corrected chi connectivity index (χ0v) is 13.2. The van der Waals surface area contributed by atoms with Gasteiger partial charge in [-0.2, -0.15) is 0 Å². The molecule has 8 heteroatoms. The van der Waals surface area contributed by atoms with Crippen molar-refractivity contribution in [2.75, 3.05) is 7.11 Å². The average molecular weight is 329 g/mol. The molecule has 22 heavy (non-hydrogen) atoms. The Kier molecular flexibility index (Phi) is 6.30. The Hall–Kier alpha value is -2.15. The molecule has 0 saturated heterocycles. The van der Waals surface area contributed by atoms with Gasteiger partial charge in [0, 0.05) is 11.6 Å². The summed E-state index contributed by atoms with van der Waals surface area (Å²) < 4.78 is 4.65. The zero-order chi connectivity index (χ0) is 16.9. The molecule has 1 aromatic rings. The van der Waals surface area contributed by atoms with Crippen molar-refractivity contribution in [3.05, 3.63) is 38.9 Å². The Morgan fingerprint density at radius 3 is 2.55 bits per heavy atom. The van der Waals surface area contributed by atoms with Crippen LogP contribution in [0.4, 0.5) is 5.69 Å². The van der Waals surface area contributed by atoms with Gasteiger partial charge < -0.3 is 10.1 Å². The summed E-state index contributed by atoms with van der Waals surface area (Å²) in [5, 5.41) is 13.3. The van der Waals surface area contributed by atoms with Crippen LogP contribution in [0, 0.1) is 16.0 Å². The number of ether oxygens (including phenoxy) is 1. The van der Waals surface area contributed by atoms with Crippen molar-refractivity contribution in [1.82, 2.24) is 5.32 Å². The highest BCUT2D eigenvalue weighted by molar-refractivity contribution is 6.32. The summed E-state index contributed by atoms with van der Waals surface area (Å²) >= 11 is 5.70. The summed E-state index contributed by atoms with van der Waals surface area (Å²) in [6.07, 6.45) is 0.397. The molecule has 0 radical (unpaired) electrons. The van der Waals surface area contributed by atoms with E-state index < -0.39 is 22.8 Å². The Bertz CT molecular complexity index is 589. The van der Waals surface area contributed by atoms with Crippen LogP contribution in [-0.4, -0.2) is 30.0 Å². The van der Waals surface area contributed by atoms with Crippen molar-refractivity contribution in [1.29, 1.82) is 0 Å². The average Bonchev–Trinajstić information content (AvgIpc) is 2.45. The summed E-state index contributed by atoms with van der Waals surface area (Å²) in [6, 6.07) is 2.88. The second kappa shape index (κ2) is 7.74. The Labute approximate surface area is 132 Å². The van der Waals surface area contributed by atoms with E-state index in [1.54, 1.807) is 0 Å². The van der Waals surface area contributed by atoms with E-state index in [0.29, 0.717) is 6.42 Å². The summed E-state index contributed by atoms with van der Waals surface area (Å²) in [6.45, 7) is 3.80. The molecule has 0 unspecified atom stereocenters. The summed E-state index contributed by atoms with van der Waals surface area (Å²) in [5.41, 5.74) is -0.318. The molecule has 120 valence electrons. The van der Waals surface area contributed by atoms with Crippen molar-refractivity contribution < 1.29 is 19.2 Å². The first kappa shape index (κ1) is 17.9. The fraction of sp³-hybridized carbons (Fsp3) is 0.429. The number of nitrogens with zero attached hydrogens (tertiary/aromatic N) is 1. The number of carbonyl (C=O) groups excluding carboxylic acids is 2. The topological polar surface area (TPSA) is 98.5 Å². The first-order valence-electron chi connectivity index (χ1n) is 6.58. The van der Waals surface area contributed by atoms with Gasteiger partial charge in [0.05, 0.1) is 12.0 Å². The lowest BCUT2D eigenvalue weighted by Gasteiger charge is -2.18. The van der Waals surface area contributed by atoms with Crippen molar-refractivity contribution in [3.63, 3.8) is 0 Å². The van der Waals surface area contributed by atoms with E-state index in [1.807, 2.05) is 13.8 Å².